The highest BCUT2D eigenvalue weighted by Crippen LogP contribution is 2.21. The van der Waals surface area contributed by atoms with Gasteiger partial charge in [-0.1, -0.05) is 19.9 Å². The highest BCUT2D eigenvalue weighted by Gasteiger charge is 2.08. The number of nitrogens with one attached hydrogen (secondary N) is 1. The highest BCUT2D eigenvalue weighted by atomic mass is 32.1. The summed E-state index contributed by atoms with van der Waals surface area (Å²) in [6.45, 7) is 8.46. The molecule has 21 heavy (non-hydrogen) atoms. The van der Waals surface area contributed by atoms with Crippen LogP contribution in [0, 0.1) is 12.8 Å². The first kappa shape index (κ1) is 15.9. The largest absolute Gasteiger partial charge is 0.481 e. The number of ether oxygens (including phenoxy) is 1. The summed E-state index contributed by atoms with van der Waals surface area (Å²) in [6, 6.07) is 3.93. The van der Waals surface area contributed by atoms with Crippen molar-refractivity contribution < 1.29 is 4.74 Å². The van der Waals surface area contributed by atoms with Crippen molar-refractivity contribution in [2.75, 3.05) is 13.7 Å². The van der Waals surface area contributed by atoms with E-state index in [9.17, 15) is 0 Å². The fraction of sp³-hybridized carbons (Fsp3) is 0.500. The molecule has 0 spiro atoms. The van der Waals surface area contributed by atoms with Crippen LogP contribution in [0.1, 0.15) is 35.0 Å². The molecule has 4 nitrogen and oxygen atoms in total. The quantitative estimate of drug-likeness (QED) is 0.853. The third-order valence-electron chi connectivity index (χ3n) is 3.14. The van der Waals surface area contributed by atoms with Crippen LogP contribution in [0.15, 0.2) is 18.3 Å². The van der Waals surface area contributed by atoms with Crippen LogP contribution in [0.25, 0.3) is 0 Å². The van der Waals surface area contributed by atoms with E-state index in [2.05, 4.69) is 36.1 Å². The van der Waals surface area contributed by atoms with E-state index in [1.54, 1.807) is 18.4 Å². The van der Waals surface area contributed by atoms with Gasteiger partial charge in [-0.3, -0.25) is 0 Å². The van der Waals surface area contributed by atoms with Gasteiger partial charge in [0.05, 0.1) is 17.8 Å². The molecule has 0 amide bonds. The summed E-state index contributed by atoms with van der Waals surface area (Å²) < 4.78 is 5.07. The Hall–Kier alpha value is -1.46. The minimum atomic E-state index is 0.646. The van der Waals surface area contributed by atoms with Crippen LogP contribution in [0.3, 0.4) is 0 Å². The summed E-state index contributed by atoms with van der Waals surface area (Å²) in [6.07, 6.45) is 2.68. The molecule has 0 unspecified atom stereocenters. The Morgan fingerprint density at radius 3 is 2.76 bits per heavy atom. The lowest BCUT2D eigenvalue weighted by Crippen LogP contribution is -2.18. The normalized spacial score (nSPS) is 11.1. The van der Waals surface area contributed by atoms with E-state index in [0.29, 0.717) is 11.8 Å². The zero-order valence-corrected chi connectivity index (χ0v) is 14.0. The number of pyridine rings is 1. The molecule has 0 atom stereocenters. The molecule has 0 aliphatic heterocycles. The molecule has 2 heterocycles. The maximum Gasteiger partial charge on any atom is 0.212 e. The lowest BCUT2D eigenvalue weighted by atomic mass is 10.2. The Labute approximate surface area is 130 Å². The second-order valence-electron chi connectivity index (χ2n) is 5.53. The first-order valence-corrected chi connectivity index (χ1v) is 8.05. The van der Waals surface area contributed by atoms with E-state index in [0.717, 1.165) is 35.8 Å². The molecule has 0 bridgehead atoms. The molecule has 1 N–H and O–H groups in total. The molecular weight excluding hydrogens is 282 g/mol. The summed E-state index contributed by atoms with van der Waals surface area (Å²) in [5, 5.41) is 4.62. The molecule has 5 heteroatoms. The van der Waals surface area contributed by atoms with E-state index in [-0.39, 0.29) is 0 Å². The van der Waals surface area contributed by atoms with Gasteiger partial charge < -0.3 is 10.1 Å². The topological polar surface area (TPSA) is 47.0 Å². The van der Waals surface area contributed by atoms with Gasteiger partial charge in [-0.15, -0.1) is 11.3 Å². The number of methoxy groups -OCH3 is 1. The molecule has 2 aromatic rings. The maximum atomic E-state index is 5.07. The Morgan fingerprint density at radius 2 is 2.14 bits per heavy atom. The average Bonchev–Trinajstić information content (AvgIpc) is 2.79. The molecule has 0 aromatic carbocycles. The second kappa shape index (κ2) is 7.52. The average molecular weight is 305 g/mol. The zero-order chi connectivity index (χ0) is 15.2. The van der Waals surface area contributed by atoms with Crippen molar-refractivity contribution in [2.45, 2.75) is 33.7 Å². The van der Waals surface area contributed by atoms with E-state index in [4.69, 9.17) is 4.74 Å². The van der Waals surface area contributed by atoms with Gasteiger partial charge in [-0.05, 0) is 24.9 Å². The van der Waals surface area contributed by atoms with Gasteiger partial charge in [-0.2, -0.15) is 0 Å². The monoisotopic (exact) mass is 305 g/mol. The van der Waals surface area contributed by atoms with Gasteiger partial charge in [0.15, 0.2) is 0 Å². The summed E-state index contributed by atoms with van der Waals surface area (Å²) in [5.74, 6) is 1.32. The predicted molar refractivity (Wildman–Crippen MR) is 87.0 cm³/mol. The molecule has 0 saturated carbocycles. The van der Waals surface area contributed by atoms with E-state index >= 15 is 0 Å². The van der Waals surface area contributed by atoms with Crippen LogP contribution in [0.4, 0.5) is 0 Å². The van der Waals surface area contributed by atoms with Crippen molar-refractivity contribution in [1.29, 1.82) is 0 Å². The summed E-state index contributed by atoms with van der Waals surface area (Å²) in [5.41, 5.74) is 2.29. The minimum Gasteiger partial charge on any atom is -0.481 e. The van der Waals surface area contributed by atoms with Crippen molar-refractivity contribution >= 4 is 11.3 Å². The van der Waals surface area contributed by atoms with Crippen molar-refractivity contribution in [3.05, 3.63) is 39.5 Å². The van der Waals surface area contributed by atoms with Gasteiger partial charge in [0.25, 0.3) is 0 Å². The fourth-order valence-electron chi connectivity index (χ4n) is 2.01. The summed E-state index contributed by atoms with van der Waals surface area (Å²) in [7, 11) is 1.63. The molecule has 0 aliphatic rings. The van der Waals surface area contributed by atoms with Gasteiger partial charge in [0.2, 0.25) is 5.88 Å². The SMILES string of the molecule is COc1ccc(Cc2nc(C)c(CNCC(C)C)s2)cn1. The van der Waals surface area contributed by atoms with Crippen LogP contribution in [0.5, 0.6) is 5.88 Å². The van der Waals surface area contributed by atoms with Crippen LogP contribution in [-0.2, 0) is 13.0 Å². The molecule has 0 saturated heterocycles. The molecule has 2 rings (SSSR count). The van der Waals surface area contributed by atoms with Crippen LogP contribution in [0.2, 0.25) is 0 Å². The highest BCUT2D eigenvalue weighted by molar-refractivity contribution is 7.11. The minimum absolute atomic E-state index is 0.646. The number of hydrogen-bond donors (Lipinski definition) is 1. The smallest absolute Gasteiger partial charge is 0.212 e. The zero-order valence-electron chi connectivity index (χ0n) is 13.1. The first-order chi connectivity index (χ1) is 10.1. The van der Waals surface area contributed by atoms with Crippen molar-refractivity contribution in [3.63, 3.8) is 0 Å². The first-order valence-electron chi connectivity index (χ1n) is 7.23. The molecule has 114 valence electrons. The molecule has 0 aliphatic carbocycles. The predicted octanol–water partition coefficient (Wildman–Crippen LogP) is 3.19. The molecule has 2 aromatic heterocycles. The van der Waals surface area contributed by atoms with Crippen LogP contribution < -0.4 is 10.1 Å². The Kier molecular flexibility index (Phi) is 5.70. The lowest BCUT2D eigenvalue weighted by molar-refractivity contribution is 0.397. The maximum absolute atomic E-state index is 5.07. The van der Waals surface area contributed by atoms with Gasteiger partial charge in [0, 0.05) is 30.1 Å². The fourth-order valence-corrected chi connectivity index (χ4v) is 3.09. The Bertz CT molecular complexity index is 563. The van der Waals surface area contributed by atoms with Gasteiger partial charge in [-0.25, -0.2) is 9.97 Å². The van der Waals surface area contributed by atoms with E-state index in [1.165, 1.54) is 4.88 Å². The number of hydrogen-bond acceptors (Lipinski definition) is 5. The van der Waals surface area contributed by atoms with Crippen LogP contribution in [-0.4, -0.2) is 23.6 Å². The number of nitrogens with zero attached hydrogens (tertiary/aromatic N) is 2. The summed E-state index contributed by atoms with van der Waals surface area (Å²) in [4.78, 5) is 10.2. The Balaban J connectivity index is 1.97. The van der Waals surface area contributed by atoms with Crippen molar-refractivity contribution in [1.82, 2.24) is 15.3 Å². The van der Waals surface area contributed by atoms with Crippen LogP contribution >= 0.6 is 11.3 Å². The van der Waals surface area contributed by atoms with E-state index in [1.807, 2.05) is 18.3 Å². The van der Waals surface area contributed by atoms with Crippen molar-refractivity contribution in [3.8, 4) is 5.88 Å². The standard InChI is InChI=1S/C16H23N3OS/c1-11(2)8-17-10-14-12(3)19-16(21-14)7-13-5-6-15(20-4)18-9-13/h5-6,9,11,17H,7-8,10H2,1-4H3. The molecule has 0 fully saturated rings. The van der Waals surface area contributed by atoms with Crippen molar-refractivity contribution in [2.24, 2.45) is 5.92 Å². The number of rotatable bonds is 7. The van der Waals surface area contributed by atoms with Gasteiger partial charge >= 0.3 is 0 Å². The number of thiazole rings is 1. The number of aryl methyl sites for hydroxylation is 1. The van der Waals surface area contributed by atoms with Gasteiger partial charge in [0.1, 0.15) is 0 Å². The van der Waals surface area contributed by atoms with E-state index < -0.39 is 0 Å². The lowest BCUT2D eigenvalue weighted by Gasteiger charge is -2.05. The molecular formula is C16H23N3OS. The Morgan fingerprint density at radius 1 is 1.33 bits per heavy atom. The summed E-state index contributed by atoms with van der Waals surface area (Å²) >= 11 is 1.78. The third-order valence-corrected chi connectivity index (χ3v) is 4.29. The third kappa shape index (κ3) is 4.79. The molecule has 0 radical (unpaired) electrons. The number of aromatic nitrogens is 2. The second-order valence-corrected chi connectivity index (χ2v) is 6.69.